The summed E-state index contributed by atoms with van der Waals surface area (Å²) in [5.74, 6) is -0.302. The first kappa shape index (κ1) is 16.2. The number of allylic oxidation sites excluding steroid dienone is 2. The molecule has 0 bridgehead atoms. The van der Waals surface area contributed by atoms with Gasteiger partial charge in [0.25, 0.3) is 0 Å². The van der Waals surface area contributed by atoms with Gasteiger partial charge in [0.15, 0.2) is 0 Å². The van der Waals surface area contributed by atoms with Crippen LogP contribution in [0.1, 0.15) is 19.3 Å². The summed E-state index contributed by atoms with van der Waals surface area (Å²) in [5, 5.41) is 2.75. The van der Waals surface area contributed by atoms with Crippen LogP contribution in [0.5, 0.6) is 5.75 Å². The van der Waals surface area contributed by atoms with Gasteiger partial charge in [0.05, 0.1) is 18.9 Å². The van der Waals surface area contributed by atoms with Crippen LogP contribution in [0.15, 0.2) is 36.4 Å². The normalized spacial score (nSPS) is 22.5. The van der Waals surface area contributed by atoms with Crippen molar-refractivity contribution in [1.82, 2.24) is 4.90 Å². The third kappa shape index (κ3) is 3.18. The molecule has 1 saturated heterocycles. The Bertz CT molecular complexity index is 655. The average Bonchev–Trinajstić information content (AvgIpc) is 2.85. The number of nitrogens with one attached hydrogen (secondary N) is 1. The lowest BCUT2D eigenvalue weighted by Crippen LogP contribution is -2.34. The molecule has 0 saturated carbocycles. The fraction of sp³-hybridized carbons (Fsp3) is 0.389. The molecule has 6 heteroatoms. The second kappa shape index (κ2) is 6.86. The van der Waals surface area contributed by atoms with Crippen molar-refractivity contribution in [2.24, 2.45) is 11.8 Å². The molecular formula is C18H20N2O4. The van der Waals surface area contributed by atoms with Gasteiger partial charge in [0, 0.05) is 18.7 Å². The highest BCUT2D eigenvalue weighted by molar-refractivity contribution is 6.05. The maximum absolute atomic E-state index is 12.3. The first-order chi connectivity index (χ1) is 11.6. The number of carbonyl (C=O) groups is 3. The SMILES string of the molecule is COc1ccc(NC(=O)CCN2C(=O)[C@@H]3CC=CC[C@H]3C2=O)cc1. The number of rotatable bonds is 5. The van der Waals surface area contributed by atoms with E-state index in [4.69, 9.17) is 4.74 Å². The minimum Gasteiger partial charge on any atom is -0.497 e. The van der Waals surface area contributed by atoms with Gasteiger partial charge in [-0.05, 0) is 37.1 Å². The highest BCUT2D eigenvalue weighted by Crippen LogP contribution is 2.35. The minimum atomic E-state index is -0.243. The van der Waals surface area contributed by atoms with Gasteiger partial charge in [0.2, 0.25) is 17.7 Å². The molecule has 1 heterocycles. The molecule has 6 nitrogen and oxygen atoms in total. The van der Waals surface area contributed by atoms with E-state index in [1.54, 1.807) is 31.4 Å². The van der Waals surface area contributed by atoms with Crippen LogP contribution in [0.2, 0.25) is 0 Å². The van der Waals surface area contributed by atoms with Crippen molar-refractivity contribution in [2.75, 3.05) is 19.0 Å². The Morgan fingerprint density at radius 1 is 1.12 bits per heavy atom. The topological polar surface area (TPSA) is 75.7 Å². The Labute approximate surface area is 140 Å². The number of likely N-dealkylation sites (tertiary alicyclic amines) is 1. The van der Waals surface area contributed by atoms with Crippen molar-refractivity contribution in [3.05, 3.63) is 36.4 Å². The van der Waals surface area contributed by atoms with E-state index in [9.17, 15) is 14.4 Å². The first-order valence-electron chi connectivity index (χ1n) is 8.04. The molecule has 2 atom stereocenters. The van der Waals surface area contributed by atoms with E-state index in [0.29, 0.717) is 24.3 Å². The third-order valence-electron chi connectivity index (χ3n) is 4.54. The lowest BCUT2D eigenvalue weighted by atomic mass is 9.85. The maximum Gasteiger partial charge on any atom is 0.233 e. The van der Waals surface area contributed by atoms with Crippen molar-refractivity contribution in [3.8, 4) is 5.75 Å². The summed E-state index contributed by atoms with van der Waals surface area (Å²) in [5.41, 5.74) is 0.651. The largest absolute Gasteiger partial charge is 0.497 e. The third-order valence-corrected chi connectivity index (χ3v) is 4.54. The Hall–Kier alpha value is -2.63. The van der Waals surface area contributed by atoms with Crippen LogP contribution in [0.4, 0.5) is 5.69 Å². The van der Waals surface area contributed by atoms with Crippen LogP contribution < -0.4 is 10.1 Å². The molecule has 1 aliphatic carbocycles. The summed E-state index contributed by atoms with van der Waals surface area (Å²) < 4.78 is 5.06. The number of hydrogen-bond donors (Lipinski definition) is 1. The zero-order chi connectivity index (χ0) is 17.1. The summed E-state index contributed by atoms with van der Waals surface area (Å²) in [7, 11) is 1.57. The Kier molecular flexibility index (Phi) is 4.64. The summed E-state index contributed by atoms with van der Waals surface area (Å²) in [6, 6.07) is 6.98. The van der Waals surface area contributed by atoms with Gasteiger partial charge < -0.3 is 10.1 Å². The quantitative estimate of drug-likeness (QED) is 0.662. The standard InChI is InChI=1S/C18H20N2O4/c1-24-13-8-6-12(7-9-13)19-16(21)10-11-20-17(22)14-4-2-3-5-15(14)18(20)23/h2-3,6-9,14-15H,4-5,10-11H2,1H3,(H,19,21)/t14-,15-/m1/s1. The molecule has 0 aromatic heterocycles. The minimum absolute atomic E-state index is 0.0936. The lowest BCUT2D eigenvalue weighted by Gasteiger charge is -2.14. The second-order valence-corrected chi connectivity index (χ2v) is 6.01. The second-order valence-electron chi connectivity index (χ2n) is 6.01. The fourth-order valence-corrected chi connectivity index (χ4v) is 3.20. The van der Waals surface area contributed by atoms with Crippen molar-refractivity contribution < 1.29 is 19.1 Å². The molecule has 24 heavy (non-hydrogen) atoms. The number of hydrogen-bond acceptors (Lipinski definition) is 4. The van der Waals surface area contributed by atoms with E-state index in [2.05, 4.69) is 5.32 Å². The predicted molar refractivity (Wildman–Crippen MR) is 88.3 cm³/mol. The van der Waals surface area contributed by atoms with E-state index in [1.807, 2.05) is 12.2 Å². The molecule has 1 aromatic carbocycles. The average molecular weight is 328 g/mol. The van der Waals surface area contributed by atoms with Crippen LogP contribution in [0.3, 0.4) is 0 Å². The number of ether oxygens (including phenoxy) is 1. The molecule has 3 rings (SSSR count). The van der Waals surface area contributed by atoms with Gasteiger partial charge in [-0.1, -0.05) is 12.2 Å². The van der Waals surface area contributed by atoms with Crippen molar-refractivity contribution in [1.29, 1.82) is 0 Å². The summed E-state index contributed by atoms with van der Waals surface area (Å²) in [6.45, 7) is 0.132. The molecule has 0 unspecified atom stereocenters. The molecule has 126 valence electrons. The van der Waals surface area contributed by atoms with E-state index in [-0.39, 0.29) is 42.5 Å². The Balaban J connectivity index is 1.54. The molecule has 0 radical (unpaired) electrons. The van der Waals surface area contributed by atoms with Crippen LogP contribution >= 0.6 is 0 Å². The Morgan fingerprint density at radius 2 is 1.71 bits per heavy atom. The number of imide groups is 1. The van der Waals surface area contributed by atoms with Crippen molar-refractivity contribution in [3.63, 3.8) is 0 Å². The molecule has 1 aliphatic heterocycles. The smallest absolute Gasteiger partial charge is 0.233 e. The zero-order valence-electron chi connectivity index (χ0n) is 13.5. The number of nitrogens with zero attached hydrogens (tertiary/aromatic N) is 1. The zero-order valence-corrected chi connectivity index (χ0v) is 13.5. The maximum atomic E-state index is 12.3. The van der Waals surface area contributed by atoms with E-state index < -0.39 is 0 Å². The van der Waals surface area contributed by atoms with Gasteiger partial charge in [0.1, 0.15) is 5.75 Å². The molecule has 0 spiro atoms. The van der Waals surface area contributed by atoms with Gasteiger partial charge in [-0.3, -0.25) is 19.3 Å². The van der Waals surface area contributed by atoms with Crippen LogP contribution in [0.25, 0.3) is 0 Å². The molecule has 1 aromatic rings. The Morgan fingerprint density at radius 3 is 2.25 bits per heavy atom. The van der Waals surface area contributed by atoms with E-state index in [1.165, 1.54) is 4.90 Å². The number of amides is 3. The van der Waals surface area contributed by atoms with Crippen LogP contribution in [-0.4, -0.2) is 36.3 Å². The summed E-state index contributed by atoms with van der Waals surface area (Å²) >= 11 is 0. The van der Waals surface area contributed by atoms with Crippen molar-refractivity contribution in [2.45, 2.75) is 19.3 Å². The van der Waals surface area contributed by atoms with E-state index >= 15 is 0 Å². The molecule has 2 aliphatic rings. The summed E-state index contributed by atoms with van der Waals surface area (Å²) in [6.07, 6.45) is 5.22. The van der Waals surface area contributed by atoms with Gasteiger partial charge in [-0.25, -0.2) is 0 Å². The highest BCUT2D eigenvalue weighted by atomic mass is 16.5. The van der Waals surface area contributed by atoms with Crippen molar-refractivity contribution >= 4 is 23.4 Å². The number of methoxy groups -OCH3 is 1. The van der Waals surface area contributed by atoms with E-state index in [0.717, 1.165) is 0 Å². The fourth-order valence-electron chi connectivity index (χ4n) is 3.20. The number of anilines is 1. The number of fused-ring (bicyclic) bond motifs is 1. The van der Waals surface area contributed by atoms with Gasteiger partial charge >= 0.3 is 0 Å². The monoisotopic (exact) mass is 328 g/mol. The molecule has 3 amide bonds. The highest BCUT2D eigenvalue weighted by Gasteiger charge is 2.46. The number of benzene rings is 1. The van der Waals surface area contributed by atoms with Crippen LogP contribution in [-0.2, 0) is 14.4 Å². The molecule has 1 fully saturated rings. The van der Waals surface area contributed by atoms with Crippen LogP contribution in [0, 0.1) is 11.8 Å². The summed E-state index contributed by atoms with van der Waals surface area (Å²) in [4.78, 5) is 37.9. The van der Waals surface area contributed by atoms with Gasteiger partial charge in [-0.15, -0.1) is 0 Å². The lowest BCUT2D eigenvalue weighted by molar-refractivity contribution is -0.140. The molecule has 1 N–H and O–H groups in total. The number of carbonyl (C=O) groups excluding carboxylic acids is 3. The van der Waals surface area contributed by atoms with Gasteiger partial charge in [-0.2, -0.15) is 0 Å². The molecular weight excluding hydrogens is 308 g/mol. The first-order valence-corrected chi connectivity index (χ1v) is 8.04. The predicted octanol–water partition coefficient (Wildman–Crippen LogP) is 1.97.